The average molecular weight is 246 g/mol. The summed E-state index contributed by atoms with van der Waals surface area (Å²) in [5.41, 5.74) is 1.10. The number of rotatable bonds is 4. The van der Waals surface area contributed by atoms with Crippen LogP contribution in [-0.2, 0) is 4.79 Å². The largest absolute Gasteiger partial charge is 0.493 e. The molecule has 0 aliphatic heterocycles. The number of benzene rings is 1. The highest BCUT2D eigenvalue weighted by atomic mass is 16.5. The van der Waals surface area contributed by atoms with E-state index in [0.717, 1.165) is 24.7 Å². The Balaban J connectivity index is 2.35. The monoisotopic (exact) mass is 246 g/mol. The van der Waals surface area contributed by atoms with Gasteiger partial charge in [-0.3, -0.25) is 0 Å². The van der Waals surface area contributed by atoms with Gasteiger partial charge in [0.05, 0.1) is 14.2 Å². The van der Waals surface area contributed by atoms with Crippen molar-refractivity contribution in [3.8, 4) is 11.5 Å². The second-order valence-electron chi connectivity index (χ2n) is 4.45. The fourth-order valence-electron chi connectivity index (χ4n) is 2.42. The summed E-state index contributed by atoms with van der Waals surface area (Å²) in [6.07, 6.45) is 7.21. The Labute approximate surface area is 107 Å². The molecule has 96 valence electrons. The third-order valence-electron chi connectivity index (χ3n) is 3.44. The van der Waals surface area contributed by atoms with Crippen molar-refractivity contribution >= 4 is 6.29 Å². The molecule has 0 fully saturated rings. The number of allylic oxidation sites excluding steroid dienone is 2. The molecule has 2 rings (SSSR count). The molecule has 0 bridgehead atoms. The Bertz CT molecular complexity index is 451. The maximum absolute atomic E-state index is 11.1. The standard InChI is InChI=1S/C15H18O3/c1-17-14-8-7-11(9-15(14)18-2)13-6-4-3-5-12(13)10-16/h4,6-10,12-13H,3,5H2,1-2H3/t12-,13-/m1/s1. The molecular formula is C15H18O3. The Kier molecular flexibility index (Phi) is 4.03. The molecule has 18 heavy (non-hydrogen) atoms. The zero-order valence-corrected chi connectivity index (χ0v) is 10.8. The first kappa shape index (κ1) is 12.7. The molecule has 0 aromatic heterocycles. The number of methoxy groups -OCH3 is 2. The lowest BCUT2D eigenvalue weighted by atomic mass is 9.80. The van der Waals surface area contributed by atoms with E-state index in [1.165, 1.54) is 0 Å². The van der Waals surface area contributed by atoms with Gasteiger partial charge < -0.3 is 14.3 Å². The van der Waals surface area contributed by atoms with Crippen molar-refractivity contribution in [3.63, 3.8) is 0 Å². The molecule has 3 nitrogen and oxygen atoms in total. The van der Waals surface area contributed by atoms with Gasteiger partial charge in [-0.1, -0.05) is 18.2 Å². The van der Waals surface area contributed by atoms with Crippen LogP contribution < -0.4 is 9.47 Å². The minimum absolute atomic E-state index is 0.0631. The van der Waals surface area contributed by atoms with Crippen LogP contribution in [0.15, 0.2) is 30.4 Å². The number of ether oxygens (including phenoxy) is 2. The van der Waals surface area contributed by atoms with Crippen molar-refractivity contribution < 1.29 is 14.3 Å². The maximum Gasteiger partial charge on any atom is 0.161 e. The van der Waals surface area contributed by atoms with Crippen molar-refractivity contribution in [2.45, 2.75) is 18.8 Å². The number of aldehydes is 1. The summed E-state index contributed by atoms with van der Waals surface area (Å²) in [7, 11) is 3.24. The van der Waals surface area contributed by atoms with Crippen molar-refractivity contribution in [2.75, 3.05) is 14.2 Å². The number of hydrogen-bond acceptors (Lipinski definition) is 3. The van der Waals surface area contributed by atoms with E-state index in [9.17, 15) is 4.79 Å². The van der Waals surface area contributed by atoms with Crippen molar-refractivity contribution in [1.82, 2.24) is 0 Å². The van der Waals surface area contributed by atoms with Gasteiger partial charge in [0, 0.05) is 11.8 Å². The van der Waals surface area contributed by atoms with Gasteiger partial charge in [-0.15, -0.1) is 0 Å². The summed E-state index contributed by atoms with van der Waals surface area (Å²) >= 11 is 0. The van der Waals surface area contributed by atoms with Crippen LogP contribution >= 0.6 is 0 Å². The summed E-state index contributed by atoms with van der Waals surface area (Å²) in [6, 6.07) is 5.84. The van der Waals surface area contributed by atoms with Crippen LogP contribution in [0.2, 0.25) is 0 Å². The Morgan fingerprint density at radius 2 is 2.00 bits per heavy atom. The highest BCUT2D eigenvalue weighted by Gasteiger charge is 2.23. The summed E-state index contributed by atoms with van der Waals surface area (Å²) in [6.45, 7) is 0. The molecule has 0 spiro atoms. The van der Waals surface area contributed by atoms with E-state index in [2.05, 4.69) is 12.2 Å². The van der Waals surface area contributed by atoms with Crippen molar-refractivity contribution in [1.29, 1.82) is 0 Å². The van der Waals surface area contributed by atoms with Crippen LogP contribution in [0.25, 0.3) is 0 Å². The molecule has 0 saturated heterocycles. The predicted octanol–water partition coefficient (Wildman–Crippen LogP) is 2.95. The molecule has 0 N–H and O–H groups in total. The van der Waals surface area contributed by atoms with Crippen molar-refractivity contribution in [3.05, 3.63) is 35.9 Å². The zero-order chi connectivity index (χ0) is 13.0. The highest BCUT2D eigenvalue weighted by molar-refractivity contribution is 5.58. The van der Waals surface area contributed by atoms with E-state index in [1.54, 1.807) is 14.2 Å². The van der Waals surface area contributed by atoms with E-state index in [4.69, 9.17) is 9.47 Å². The van der Waals surface area contributed by atoms with E-state index < -0.39 is 0 Å². The van der Waals surface area contributed by atoms with Crippen LogP contribution in [0.5, 0.6) is 11.5 Å². The predicted molar refractivity (Wildman–Crippen MR) is 70.2 cm³/mol. The Morgan fingerprint density at radius 1 is 1.22 bits per heavy atom. The lowest BCUT2D eigenvalue weighted by molar-refractivity contribution is -0.111. The fraction of sp³-hybridized carbons (Fsp3) is 0.400. The van der Waals surface area contributed by atoms with Crippen LogP contribution in [-0.4, -0.2) is 20.5 Å². The molecule has 0 radical (unpaired) electrons. The van der Waals surface area contributed by atoms with Crippen LogP contribution in [0.4, 0.5) is 0 Å². The average Bonchev–Trinajstić information content (AvgIpc) is 2.46. The Morgan fingerprint density at radius 3 is 2.67 bits per heavy atom. The van der Waals surface area contributed by atoms with E-state index in [0.29, 0.717) is 11.5 Å². The number of carbonyl (C=O) groups is 1. The van der Waals surface area contributed by atoms with E-state index in [-0.39, 0.29) is 11.8 Å². The molecule has 1 aromatic carbocycles. The topological polar surface area (TPSA) is 35.5 Å². The summed E-state index contributed by atoms with van der Waals surface area (Å²) < 4.78 is 10.5. The second-order valence-corrected chi connectivity index (χ2v) is 4.45. The van der Waals surface area contributed by atoms with Crippen LogP contribution in [0, 0.1) is 5.92 Å². The molecule has 1 aliphatic carbocycles. The molecule has 1 aliphatic rings. The fourth-order valence-corrected chi connectivity index (χ4v) is 2.42. The normalized spacial score (nSPS) is 22.6. The third kappa shape index (κ3) is 2.40. The quantitative estimate of drug-likeness (QED) is 0.605. The zero-order valence-electron chi connectivity index (χ0n) is 10.8. The third-order valence-corrected chi connectivity index (χ3v) is 3.44. The molecule has 3 heteroatoms. The molecular weight excluding hydrogens is 228 g/mol. The SMILES string of the molecule is COc1ccc([C@H]2C=CCC[C@@H]2C=O)cc1OC. The molecule has 0 amide bonds. The van der Waals surface area contributed by atoms with Gasteiger partial charge >= 0.3 is 0 Å². The Hall–Kier alpha value is -1.77. The summed E-state index contributed by atoms with van der Waals surface area (Å²) in [4.78, 5) is 11.1. The lowest BCUT2D eigenvalue weighted by Crippen LogP contribution is -2.15. The summed E-state index contributed by atoms with van der Waals surface area (Å²) in [5, 5.41) is 0. The minimum atomic E-state index is 0.0631. The van der Waals surface area contributed by atoms with Gasteiger partial charge in [-0.05, 0) is 30.5 Å². The smallest absolute Gasteiger partial charge is 0.161 e. The first-order valence-electron chi connectivity index (χ1n) is 6.14. The first-order chi connectivity index (χ1) is 8.80. The number of hydrogen-bond donors (Lipinski definition) is 0. The maximum atomic E-state index is 11.1. The van der Waals surface area contributed by atoms with Gasteiger partial charge in [-0.25, -0.2) is 0 Å². The molecule has 0 unspecified atom stereocenters. The van der Waals surface area contributed by atoms with Gasteiger partial charge in [-0.2, -0.15) is 0 Å². The molecule has 0 saturated carbocycles. The van der Waals surface area contributed by atoms with E-state index in [1.807, 2.05) is 18.2 Å². The van der Waals surface area contributed by atoms with Gasteiger partial charge in [0.25, 0.3) is 0 Å². The van der Waals surface area contributed by atoms with Gasteiger partial charge in [0.15, 0.2) is 11.5 Å². The highest BCUT2D eigenvalue weighted by Crippen LogP contribution is 2.36. The van der Waals surface area contributed by atoms with E-state index >= 15 is 0 Å². The van der Waals surface area contributed by atoms with Crippen LogP contribution in [0.3, 0.4) is 0 Å². The molecule has 2 atom stereocenters. The minimum Gasteiger partial charge on any atom is -0.493 e. The molecule has 1 aromatic rings. The second kappa shape index (κ2) is 5.71. The van der Waals surface area contributed by atoms with Gasteiger partial charge in [0.1, 0.15) is 6.29 Å². The van der Waals surface area contributed by atoms with Gasteiger partial charge in [0.2, 0.25) is 0 Å². The first-order valence-corrected chi connectivity index (χ1v) is 6.14. The van der Waals surface area contributed by atoms with Crippen LogP contribution in [0.1, 0.15) is 24.3 Å². The molecule has 0 heterocycles. The number of carbonyl (C=O) groups excluding carboxylic acids is 1. The lowest BCUT2D eigenvalue weighted by Gasteiger charge is -2.24. The summed E-state index contributed by atoms with van der Waals surface area (Å²) in [5.74, 6) is 1.63. The van der Waals surface area contributed by atoms with Crippen molar-refractivity contribution in [2.24, 2.45) is 5.92 Å².